The van der Waals surface area contributed by atoms with Crippen molar-refractivity contribution in [3.63, 3.8) is 0 Å². The fourth-order valence-electron chi connectivity index (χ4n) is 1.79. The van der Waals surface area contributed by atoms with Crippen LogP contribution in [-0.2, 0) is 38.2 Å². The summed E-state index contributed by atoms with van der Waals surface area (Å²) in [5, 5.41) is 27.9. The predicted octanol–water partition coefficient (Wildman–Crippen LogP) is -3.37. The molecule has 3 N–H and O–H groups in total. The summed E-state index contributed by atoms with van der Waals surface area (Å²) in [6.45, 7) is -2.27. The number of cyclic esters (lactones) is 3. The lowest BCUT2D eigenvalue weighted by molar-refractivity contribution is -0.201. The van der Waals surface area contributed by atoms with Crippen molar-refractivity contribution in [2.45, 2.75) is 31.2 Å². The van der Waals surface area contributed by atoms with Crippen LogP contribution in [0.25, 0.3) is 0 Å². The zero-order valence-corrected chi connectivity index (χ0v) is 12.8. The molecular weight excluding hydrogens is 332 g/mol. The maximum Gasteiger partial charge on any atom is 0.362 e. The fourth-order valence-corrected chi connectivity index (χ4v) is 1.79. The number of hydrogen-bond acceptors (Lipinski definition) is 11. The number of carbonyl (C=O) groups excluding carboxylic acids is 5. The molecule has 0 aromatic carbocycles. The topological polar surface area (TPSA) is 174 Å². The van der Waals surface area contributed by atoms with E-state index in [1.54, 1.807) is 0 Å². The van der Waals surface area contributed by atoms with Gasteiger partial charge in [-0.1, -0.05) is 0 Å². The van der Waals surface area contributed by atoms with Crippen molar-refractivity contribution in [3.05, 3.63) is 0 Å². The van der Waals surface area contributed by atoms with E-state index >= 15 is 0 Å². The summed E-state index contributed by atoms with van der Waals surface area (Å²) in [5.74, 6) is -7.26. The Morgan fingerprint density at radius 2 is 1.38 bits per heavy atom. The van der Waals surface area contributed by atoms with Crippen molar-refractivity contribution < 1.29 is 53.5 Å². The van der Waals surface area contributed by atoms with E-state index in [2.05, 4.69) is 14.2 Å². The van der Waals surface area contributed by atoms with Crippen LogP contribution in [0.4, 0.5) is 0 Å². The first-order valence-corrected chi connectivity index (χ1v) is 6.63. The number of esters is 3. The number of aliphatic hydroxyl groups excluding tert-OH is 3. The normalized spacial score (nSPS) is 31.0. The van der Waals surface area contributed by atoms with Gasteiger partial charge in [-0.05, 0) is 13.8 Å². The van der Waals surface area contributed by atoms with Crippen LogP contribution in [0.3, 0.4) is 0 Å². The lowest BCUT2D eigenvalue weighted by Gasteiger charge is -2.30. The molecule has 1 rings (SSSR count). The minimum absolute atomic E-state index is 0.785. The largest absolute Gasteiger partial charge is 0.444 e. The third-order valence-electron chi connectivity index (χ3n) is 3.46. The molecule has 0 aromatic rings. The molecule has 0 radical (unpaired) electrons. The molecular formula is C13H16O11. The molecule has 1 aliphatic rings. The van der Waals surface area contributed by atoms with E-state index in [9.17, 15) is 34.2 Å². The van der Waals surface area contributed by atoms with Gasteiger partial charge in [0, 0.05) is 0 Å². The molecule has 1 fully saturated rings. The summed E-state index contributed by atoms with van der Waals surface area (Å²) < 4.78 is 13.8. The van der Waals surface area contributed by atoms with Crippen LogP contribution in [0.15, 0.2) is 0 Å². The summed E-state index contributed by atoms with van der Waals surface area (Å²) in [6.07, 6.45) is -2.01. The van der Waals surface area contributed by atoms with Crippen molar-refractivity contribution in [2.24, 2.45) is 0 Å². The highest BCUT2D eigenvalue weighted by molar-refractivity contribution is 6.13. The lowest BCUT2D eigenvalue weighted by atomic mass is 9.97. The molecule has 11 heteroatoms. The Labute approximate surface area is 135 Å². The first-order chi connectivity index (χ1) is 11.1. The molecule has 0 bridgehead atoms. The van der Waals surface area contributed by atoms with Crippen molar-refractivity contribution in [1.29, 1.82) is 0 Å². The molecule has 134 valence electrons. The van der Waals surface area contributed by atoms with E-state index in [1.165, 1.54) is 0 Å². The second kappa shape index (κ2) is 7.03. The Hall–Kier alpha value is -2.37. The molecule has 1 aliphatic heterocycles. The van der Waals surface area contributed by atoms with Gasteiger partial charge in [0.1, 0.15) is 13.2 Å². The quantitative estimate of drug-likeness (QED) is 0.257. The maximum absolute atomic E-state index is 12.3. The van der Waals surface area contributed by atoms with Crippen molar-refractivity contribution >= 4 is 29.5 Å². The smallest absolute Gasteiger partial charge is 0.362 e. The fraction of sp³-hybridized carbons (Fsp3) is 0.615. The highest BCUT2D eigenvalue weighted by Gasteiger charge is 2.58. The number of aliphatic hydroxyl groups is 3. The standard InChI is InChI=1S/C13H16O11/c1-6(17)12(4-15)10(20)22-8(3-14)9(19)23-13(5-16,7(2)18)11(21)24-12/h8,14-16H,3-5H2,1-2H3. The molecule has 3 unspecified atom stereocenters. The minimum atomic E-state index is -2.88. The molecule has 0 amide bonds. The van der Waals surface area contributed by atoms with Crippen molar-refractivity contribution in [1.82, 2.24) is 0 Å². The van der Waals surface area contributed by atoms with Crippen molar-refractivity contribution in [2.75, 3.05) is 19.8 Å². The van der Waals surface area contributed by atoms with Crippen LogP contribution < -0.4 is 0 Å². The number of carbonyl (C=O) groups is 5. The van der Waals surface area contributed by atoms with Gasteiger partial charge in [0.25, 0.3) is 11.2 Å². The van der Waals surface area contributed by atoms with Gasteiger partial charge in [0.05, 0.1) is 6.61 Å². The van der Waals surface area contributed by atoms with E-state index in [4.69, 9.17) is 5.11 Å². The van der Waals surface area contributed by atoms with Gasteiger partial charge in [0.2, 0.25) is 6.10 Å². The van der Waals surface area contributed by atoms with Gasteiger partial charge in [-0.25, -0.2) is 14.4 Å². The number of Topliss-reactive ketones (excluding diaryl/α,β-unsaturated/α-hetero) is 2. The summed E-state index contributed by atoms with van der Waals surface area (Å²) in [5.41, 5.74) is -5.76. The minimum Gasteiger partial charge on any atom is -0.444 e. The van der Waals surface area contributed by atoms with E-state index in [0.29, 0.717) is 0 Å². The summed E-state index contributed by atoms with van der Waals surface area (Å²) in [6, 6.07) is 0. The first kappa shape index (κ1) is 19.7. The first-order valence-electron chi connectivity index (χ1n) is 6.63. The molecule has 24 heavy (non-hydrogen) atoms. The molecule has 1 heterocycles. The molecule has 3 atom stereocenters. The molecule has 0 saturated carbocycles. The summed E-state index contributed by atoms with van der Waals surface area (Å²) in [7, 11) is 0. The number of hydrogen-bond donors (Lipinski definition) is 3. The number of ketones is 2. The average molecular weight is 348 g/mol. The lowest BCUT2D eigenvalue weighted by Crippen LogP contribution is -2.59. The maximum atomic E-state index is 12.3. The molecule has 0 aromatic heterocycles. The van der Waals surface area contributed by atoms with Crippen LogP contribution in [-0.4, -0.2) is 81.9 Å². The highest BCUT2D eigenvalue weighted by atomic mass is 16.7. The van der Waals surface area contributed by atoms with E-state index in [1.807, 2.05) is 0 Å². The van der Waals surface area contributed by atoms with Gasteiger partial charge >= 0.3 is 17.9 Å². The second-order valence-corrected chi connectivity index (χ2v) is 4.97. The molecule has 1 saturated heterocycles. The number of ether oxygens (including phenoxy) is 3. The van der Waals surface area contributed by atoms with Gasteiger partial charge in [-0.3, -0.25) is 9.59 Å². The molecule has 0 aliphatic carbocycles. The highest BCUT2D eigenvalue weighted by Crippen LogP contribution is 2.26. The Morgan fingerprint density at radius 3 is 1.75 bits per heavy atom. The van der Waals surface area contributed by atoms with E-state index < -0.39 is 66.6 Å². The van der Waals surface area contributed by atoms with Crippen LogP contribution in [0, 0.1) is 0 Å². The Morgan fingerprint density at radius 1 is 0.917 bits per heavy atom. The SMILES string of the molecule is CC(=O)C1(CO)OC(=O)C(CO)OC(=O)C(CO)(C(C)=O)OC1=O. The zero-order valence-electron chi connectivity index (χ0n) is 12.8. The van der Waals surface area contributed by atoms with Crippen LogP contribution in [0.5, 0.6) is 0 Å². The summed E-state index contributed by atoms with van der Waals surface area (Å²) in [4.78, 5) is 59.8. The predicted molar refractivity (Wildman–Crippen MR) is 70.1 cm³/mol. The van der Waals surface area contributed by atoms with Gasteiger partial charge in [-0.2, -0.15) is 0 Å². The van der Waals surface area contributed by atoms with Crippen LogP contribution in [0.1, 0.15) is 13.8 Å². The molecule has 11 nitrogen and oxygen atoms in total. The van der Waals surface area contributed by atoms with Gasteiger partial charge in [0.15, 0.2) is 11.6 Å². The molecule has 0 spiro atoms. The second-order valence-electron chi connectivity index (χ2n) is 4.97. The number of rotatable bonds is 5. The average Bonchev–Trinajstić information content (AvgIpc) is 2.56. The van der Waals surface area contributed by atoms with Crippen molar-refractivity contribution in [3.8, 4) is 0 Å². The third-order valence-corrected chi connectivity index (χ3v) is 3.46. The van der Waals surface area contributed by atoms with Gasteiger partial charge in [-0.15, -0.1) is 0 Å². The van der Waals surface area contributed by atoms with Crippen LogP contribution >= 0.6 is 0 Å². The zero-order chi connectivity index (χ0) is 18.7. The van der Waals surface area contributed by atoms with E-state index in [0.717, 1.165) is 13.8 Å². The summed E-state index contributed by atoms with van der Waals surface area (Å²) >= 11 is 0. The Kier molecular flexibility index (Phi) is 5.76. The Bertz CT molecular complexity index is 566. The van der Waals surface area contributed by atoms with E-state index in [-0.39, 0.29) is 0 Å². The third kappa shape index (κ3) is 3.00. The Balaban J connectivity index is 3.59. The van der Waals surface area contributed by atoms with Crippen LogP contribution in [0.2, 0.25) is 0 Å². The van der Waals surface area contributed by atoms with Gasteiger partial charge < -0.3 is 29.5 Å². The monoisotopic (exact) mass is 348 g/mol.